The average Bonchev–Trinajstić information content (AvgIpc) is 3.06. The smallest absolute Gasteiger partial charge is 0.256 e. The molecule has 132 valence electrons. The molecule has 1 aliphatic heterocycles. The van der Waals surface area contributed by atoms with E-state index in [0.717, 1.165) is 56.3 Å². The summed E-state index contributed by atoms with van der Waals surface area (Å²) in [5, 5.41) is 5.09. The van der Waals surface area contributed by atoms with Gasteiger partial charge in [-0.1, -0.05) is 6.92 Å². The molecule has 0 spiro atoms. The van der Waals surface area contributed by atoms with Crippen LogP contribution < -0.4 is 10.2 Å². The zero-order chi connectivity index (χ0) is 17.2. The Morgan fingerprint density at radius 2 is 2.00 bits per heavy atom. The molecule has 2 aliphatic rings. The van der Waals surface area contributed by atoms with Crippen molar-refractivity contribution in [1.82, 2.24) is 0 Å². The van der Waals surface area contributed by atoms with E-state index in [-0.39, 0.29) is 5.91 Å². The quantitative estimate of drug-likeness (QED) is 0.905. The number of ether oxygens (including phenoxy) is 1. The molecule has 0 radical (unpaired) electrons. The van der Waals surface area contributed by atoms with E-state index in [9.17, 15) is 4.79 Å². The van der Waals surface area contributed by atoms with Crippen molar-refractivity contribution in [1.29, 1.82) is 0 Å². The summed E-state index contributed by atoms with van der Waals surface area (Å²) in [6.07, 6.45) is 3.32. The summed E-state index contributed by atoms with van der Waals surface area (Å²) in [7, 11) is 0. The van der Waals surface area contributed by atoms with Gasteiger partial charge in [-0.3, -0.25) is 4.79 Å². The Morgan fingerprint density at radius 1 is 1.24 bits per heavy atom. The Bertz CT molecular complexity index is 748. The normalized spacial score (nSPS) is 20.2. The van der Waals surface area contributed by atoms with E-state index in [1.54, 1.807) is 11.3 Å². The molecular weight excluding hydrogens is 332 g/mol. The van der Waals surface area contributed by atoms with E-state index in [2.05, 4.69) is 29.3 Å². The molecule has 1 saturated heterocycles. The van der Waals surface area contributed by atoms with E-state index in [1.807, 2.05) is 17.5 Å². The summed E-state index contributed by atoms with van der Waals surface area (Å²) in [5.74, 6) is 0.751. The van der Waals surface area contributed by atoms with Crippen LogP contribution in [0, 0.1) is 5.92 Å². The van der Waals surface area contributed by atoms with Crippen molar-refractivity contribution in [2.75, 3.05) is 36.5 Å². The van der Waals surface area contributed by atoms with Gasteiger partial charge in [0.1, 0.15) is 0 Å². The lowest BCUT2D eigenvalue weighted by Crippen LogP contribution is -2.36. The maximum absolute atomic E-state index is 12.7. The Kier molecular flexibility index (Phi) is 4.77. The molecule has 0 unspecified atom stereocenters. The summed E-state index contributed by atoms with van der Waals surface area (Å²) in [5.41, 5.74) is 4.17. The predicted molar refractivity (Wildman–Crippen MR) is 103 cm³/mol. The second-order valence-electron chi connectivity index (χ2n) is 7.00. The fourth-order valence-corrected chi connectivity index (χ4v) is 4.89. The molecule has 1 fully saturated rings. The number of anilines is 2. The Balaban J connectivity index is 1.44. The molecular formula is C20H24N2O2S. The minimum absolute atomic E-state index is 0.0196. The van der Waals surface area contributed by atoms with Gasteiger partial charge in [-0.25, -0.2) is 0 Å². The Hall–Kier alpha value is -1.85. The molecule has 1 aromatic carbocycles. The van der Waals surface area contributed by atoms with Crippen molar-refractivity contribution in [3.8, 4) is 0 Å². The van der Waals surface area contributed by atoms with Gasteiger partial charge in [0.05, 0.1) is 18.8 Å². The highest BCUT2D eigenvalue weighted by Gasteiger charge is 2.23. The van der Waals surface area contributed by atoms with Crippen LogP contribution in [0.3, 0.4) is 0 Å². The molecule has 4 rings (SSSR count). The number of amides is 1. The number of morpholine rings is 1. The van der Waals surface area contributed by atoms with Crippen molar-refractivity contribution in [2.24, 2.45) is 5.92 Å². The third-order valence-corrected chi connectivity index (χ3v) is 6.20. The van der Waals surface area contributed by atoms with Gasteiger partial charge < -0.3 is 15.0 Å². The number of carbonyl (C=O) groups is 1. The van der Waals surface area contributed by atoms with Crippen LogP contribution in [0.15, 0.2) is 29.6 Å². The van der Waals surface area contributed by atoms with Crippen molar-refractivity contribution in [2.45, 2.75) is 26.2 Å². The first-order valence-electron chi connectivity index (χ1n) is 9.04. The van der Waals surface area contributed by atoms with Gasteiger partial charge >= 0.3 is 0 Å². The number of nitrogens with zero attached hydrogens (tertiary/aromatic N) is 1. The molecule has 1 amide bonds. The third-order valence-electron chi connectivity index (χ3n) is 5.15. The molecule has 1 N–H and O–H groups in total. The lowest BCUT2D eigenvalue weighted by Gasteiger charge is -2.28. The number of thiophene rings is 1. The minimum Gasteiger partial charge on any atom is -0.378 e. The van der Waals surface area contributed by atoms with Gasteiger partial charge in [0, 0.05) is 34.7 Å². The van der Waals surface area contributed by atoms with Crippen LogP contribution in [-0.2, 0) is 17.6 Å². The number of nitrogens with one attached hydrogen (secondary N) is 1. The molecule has 4 nitrogen and oxygen atoms in total. The second-order valence-corrected chi connectivity index (χ2v) is 7.96. The fourth-order valence-electron chi connectivity index (χ4n) is 3.64. The first-order valence-corrected chi connectivity index (χ1v) is 9.92. The summed E-state index contributed by atoms with van der Waals surface area (Å²) in [6, 6.07) is 8.13. The average molecular weight is 356 g/mol. The summed E-state index contributed by atoms with van der Waals surface area (Å²) >= 11 is 1.74. The zero-order valence-electron chi connectivity index (χ0n) is 14.6. The number of fused-ring (bicyclic) bond motifs is 1. The van der Waals surface area contributed by atoms with Crippen LogP contribution in [0.5, 0.6) is 0 Å². The standard InChI is InChI=1S/C20H24N2O2S/c1-14-2-7-17-18(13-25-19(17)12-14)20(23)21-15-3-5-16(6-4-15)22-8-10-24-11-9-22/h3-6,13-14H,2,7-12H2,1H3,(H,21,23)/t14-/m0/s1. The molecule has 2 heterocycles. The number of hydrogen-bond acceptors (Lipinski definition) is 4. The van der Waals surface area contributed by atoms with Crippen LogP contribution >= 0.6 is 11.3 Å². The van der Waals surface area contributed by atoms with Crippen LogP contribution in [0.2, 0.25) is 0 Å². The molecule has 0 saturated carbocycles. The van der Waals surface area contributed by atoms with Crippen molar-refractivity contribution >= 4 is 28.6 Å². The summed E-state index contributed by atoms with van der Waals surface area (Å²) in [4.78, 5) is 16.4. The number of hydrogen-bond donors (Lipinski definition) is 1. The predicted octanol–water partition coefficient (Wildman–Crippen LogP) is 3.96. The van der Waals surface area contributed by atoms with E-state index in [4.69, 9.17) is 4.74 Å². The molecule has 0 bridgehead atoms. The van der Waals surface area contributed by atoms with Gasteiger partial charge in [0.2, 0.25) is 0 Å². The Labute approximate surface area is 152 Å². The number of benzene rings is 1. The lowest BCUT2D eigenvalue weighted by molar-refractivity contribution is 0.102. The van der Waals surface area contributed by atoms with E-state index in [0.29, 0.717) is 0 Å². The summed E-state index contributed by atoms with van der Waals surface area (Å²) in [6.45, 7) is 5.69. The Morgan fingerprint density at radius 3 is 2.76 bits per heavy atom. The van der Waals surface area contributed by atoms with Crippen LogP contribution in [-0.4, -0.2) is 32.2 Å². The SMILES string of the molecule is C[C@H]1CCc2c(C(=O)Nc3ccc(N4CCOCC4)cc3)csc2C1. The minimum atomic E-state index is 0.0196. The molecule has 25 heavy (non-hydrogen) atoms. The van der Waals surface area contributed by atoms with Crippen molar-refractivity contribution in [3.05, 3.63) is 45.6 Å². The van der Waals surface area contributed by atoms with Gasteiger partial charge in [0.15, 0.2) is 0 Å². The van der Waals surface area contributed by atoms with E-state index in [1.165, 1.54) is 22.5 Å². The summed E-state index contributed by atoms with van der Waals surface area (Å²) < 4.78 is 5.39. The van der Waals surface area contributed by atoms with Crippen LogP contribution in [0.4, 0.5) is 11.4 Å². The first-order chi connectivity index (χ1) is 12.2. The maximum atomic E-state index is 12.7. The van der Waals surface area contributed by atoms with Crippen LogP contribution in [0.25, 0.3) is 0 Å². The molecule has 5 heteroatoms. The molecule has 1 aliphatic carbocycles. The molecule has 1 atom stereocenters. The topological polar surface area (TPSA) is 41.6 Å². The van der Waals surface area contributed by atoms with Gasteiger partial charge in [-0.05, 0) is 55.0 Å². The fraction of sp³-hybridized carbons (Fsp3) is 0.450. The lowest BCUT2D eigenvalue weighted by atomic mass is 9.88. The van der Waals surface area contributed by atoms with Crippen molar-refractivity contribution in [3.63, 3.8) is 0 Å². The van der Waals surface area contributed by atoms with E-state index < -0.39 is 0 Å². The highest BCUT2D eigenvalue weighted by Crippen LogP contribution is 2.33. The van der Waals surface area contributed by atoms with Crippen molar-refractivity contribution < 1.29 is 9.53 Å². The van der Waals surface area contributed by atoms with Gasteiger partial charge in [-0.2, -0.15) is 0 Å². The largest absolute Gasteiger partial charge is 0.378 e. The number of carbonyl (C=O) groups excluding carboxylic acids is 1. The first kappa shape index (κ1) is 16.6. The maximum Gasteiger partial charge on any atom is 0.256 e. The van der Waals surface area contributed by atoms with Gasteiger partial charge in [0.25, 0.3) is 5.91 Å². The second kappa shape index (κ2) is 7.18. The van der Waals surface area contributed by atoms with E-state index >= 15 is 0 Å². The van der Waals surface area contributed by atoms with Crippen LogP contribution in [0.1, 0.15) is 34.1 Å². The third kappa shape index (κ3) is 3.58. The highest BCUT2D eigenvalue weighted by molar-refractivity contribution is 7.10. The monoisotopic (exact) mass is 356 g/mol. The molecule has 1 aromatic heterocycles. The van der Waals surface area contributed by atoms with Gasteiger partial charge in [-0.15, -0.1) is 11.3 Å². The highest BCUT2D eigenvalue weighted by atomic mass is 32.1. The molecule has 2 aromatic rings. The number of rotatable bonds is 3. The zero-order valence-corrected chi connectivity index (χ0v) is 15.4.